The van der Waals surface area contributed by atoms with Gasteiger partial charge in [0.05, 0.1) is 0 Å². The number of aliphatic carboxylic acids is 2. The molecule has 0 aliphatic rings. The van der Waals surface area contributed by atoms with E-state index in [9.17, 15) is 29.4 Å². The van der Waals surface area contributed by atoms with Crippen molar-refractivity contribution in [3.05, 3.63) is 143 Å². The Balaban J connectivity index is 0.000000267. The molecule has 0 heterocycles. The Morgan fingerprint density at radius 3 is 1.10 bits per heavy atom. The van der Waals surface area contributed by atoms with E-state index in [0.717, 1.165) is 0 Å². The van der Waals surface area contributed by atoms with Gasteiger partial charge < -0.3 is 19.8 Å². The molecule has 0 aromatic heterocycles. The number of hydrogen-bond donors (Lipinski definition) is 0. The SMILES string of the molecule is CC(C(=O)[O-])c1cccc(C(=O)c2ccccc2)c1.CC(C(=O)[O-])c1cccc(C(=O)c2ccccc2)c1.[Mg+2]. The van der Waals surface area contributed by atoms with E-state index < -0.39 is 23.8 Å². The monoisotopic (exact) mass is 530 g/mol. The Kier molecular flexibility index (Phi) is 11.8. The van der Waals surface area contributed by atoms with E-state index in [4.69, 9.17) is 0 Å². The van der Waals surface area contributed by atoms with Gasteiger partial charge in [-0.1, -0.05) is 111 Å². The second-order valence-electron chi connectivity index (χ2n) is 8.72. The molecule has 0 aliphatic heterocycles. The quantitative estimate of drug-likeness (QED) is 0.255. The molecule has 4 rings (SSSR count). The van der Waals surface area contributed by atoms with E-state index in [1.165, 1.54) is 0 Å². The van der Waals surface area contributed by atoms with Gasteiger partial charge in [-0.05, 0) is 23.3 Å². The van der Waals surface area contributed by atoms with E-state index in [1.54, 1.807) is 111 Å². The van der Waals surface area contributed by atoms with Crippen LogP contribution in [0.2, 0.25) is 0 Å². The van der Waals surface area contributed by atoms with Crippen LogP contribution in [0.15, 0.2) is 109 Å². The minimum Gasteiger partial charge on any atom is -0.550 e. The maximum absolute atomic E-state index is 12.2. The van der Waals surface area contributed by atoms with Gasteiger partial charge in [-0.15, -0.1) is 0 Å². The molecule has 0 saturated carbocycles. The fraction of sp³-hybridized carbons (Fsp3) is 0.125. The standard InChI is InChI=1S/2C16H14O3.Mg/c2*1-11(16(18)19)13-8-5-9-14(10-13)15(17)12-6-3-2-4-7-12;/h2*2-11H,1H3,(H,18,19);/q;;+2/p-2. The summed E-state index contributed by atoms with van der Waals surface area (Å²) in [6, 6.07) is 31.1. The molecule has 4 aromatic carbocycles. The van der Waals surface area contributed by atoms with Crippen molar-refractivity contribution in [1.82, 2.24) is 0 Å². The Hall–Kier alpha value is -4.07. The number of hydrogen-bond acceptors (Lipinski definition) is 6. The first kappa shape index (κ1) is 31.1. The topological polar surface area (TPSA) is 114 Å². The number of carbonyl (C=O) groups excluding carboxylic acids is 4. The van der Waals surface area contributed by atoms with Gasteiger partial charge in [0.25, 0.3) is 0 Å². The van der Waals surface area contributed by atoms with Crippen LogP contribution in [-0.4, -0.2) is 46.6 Å². The number of carboxylic acid groups (broad SMARTS) is 2. The summed E-state index contributed by atoms with van der Waals surface area (Å²) in [6.07, 6.45) is 0. The molecule has 0 spiro atoms. The summed E-state index contributed by atoms with van der Waals surface area (Å²) >= 11 is 0. The predicted molar refractivity (Wildman–Crippen MR) is 145 cm³/mol. The Labute approximate surface area is 243 Å². The van der Waals surface area contributed by atoms with Crippen molar-refractivity contribution in [1.29, 1.82) is 0 Å². The summed E-state index contributed by atoms with van der Waals surface area (Å²) in [5, 5.41) is 21.7. The Morgan fingerprint density at radius 2 is 0.795 bits per heavy atom. The van der Waals surface area contributed by atoms with Crippen LogP contribution in [0.25, 0.3) is 0 Å². The molecule has 4 aromatic rings. The molecule has 7 heteroatoms. The summed E-state index contributed by atoms with van der Waals surface area (Å²) < 4.78 is 0. The Bertz CT molecular complexity index is 1320. The minimum atomic E-state index is -1.15. The van der Waals surface area contributed by atoms with Crippen LogP contribution < -0.4 is 10.2 Å². The first-order chi connectivity index (χ1) is 18.2. The maximum Gasteiger partial charge on any atom is 2.00 e. The van der Waals surface area contributed by atoms with Crippen LogP contribution in [0.3, 0.4) is 0 Å². The van der Waals surface area contributed by atoms with E-state index in [0.29, 0.717) is 33.4 Å². The summed E-state index contributed by atoms with van der Waals surface area (Å²) in [5.41, 5.74) is 3.28. The number of rotatable bonds is 8. The van der Waals surface area contributed by atoms with Crippen molar-refractivity contribution in [3.8, 4) is 0 Å². The molecule has 0 N–H and O–H groups in total. The third kappa shape index (κ3) is 8.46. The van der Waals surface area contributed by atoms with Crippen LogP contribution in [0, 0.1) is 0 Å². The molecule has 0 fully saturated rings. The third-order valence-electron chi connectivity index (χ3n) is 6.08. The van der Waals surface area contributed by atoms with Crippen LogP contribution in [0.4, 0.5) is 0 Å². The fourth-order valence-corrected chi connectivity index (χ4v) is 3.68. The van der Waals surface area contributed by atoms with E-state index in [-0.39, 0.29) is 34.6 Å². The zero-order valence-corrected chi connectivity index (χ0v) is 23.1. The molecule has 0 radical (unpaired) electrons. The van der Waals surface area contributed by atoms with Gasteiger partial charge in [-0.3, -0.25) is 9.59 Å². The maximum atomic E-state index is 12.2. The van der Waals surface area contributed by atoms with Gasteiger partial charge in [-0.25, -0.2) is 0 Å². The van der Waals surface area contributed by atoms with Gasteiger partial charge in [0.2, 0.25) is 0 Å². The zero-order chi connectivity index (χ0) is 27.7. The zero-order valence-electron chi connectivity index (χ0n) is 21.7. The molecule has 0 amide bonds. The number of ketones is 2. The van der Waals surface area contributed by atoms with Crippen LogP contribution in [0.1, 0.15) is 68.7 Å². The van der Waals surface area contributed by atoms with Crippen molar-refractivity contribution in [2.75, 3.05) is 0 Å². The average Bonchev–Trinajstić information content (AvgIpc) is 2.96. The number of benzene rings is 4. The third-order valence-corrected chi connectivity index (χ3v) is 6.08. The second-order valence-corrected chi connectivity index (χ2v) is 8.72. The summed E-state index contributed by atoms with van der Waals surface area (Å²) in [6.45, 7) is 3.09. The van der Waals surface area contributed by atoms with Crippen molar-refractivity contribution in [2.45, 2.75) is 25.7 Å². The summed E-state index contributed by atoms with van der Waals surface area (Å²) in [7, 11) is 0. The molecule has 0 aliphatic carbocycles. The predicted octanol–water partition coefficient (Wildman–Crippen LogP) is 3.16. The summed E-state index contributed by atoms with van der Waals surface area (Å²) in [4.78, 5) is 46.2. The van der Waals surface area contributed by atoms with E-state index >= 15 is 0 Å². The van der Waals surface area contributed by atoms with Crippen LogP contribution in [-0.2, 0) is 9.59 Å². The van der Waals surface area contributed by atoms with Gasteiger partial charge in [-0.2, -0.15) is 0 Å². The second kappa shape index (κ2) is 14.8. The van der Waals surface area contributed by atoms with Crippen molar-refractivity contribution in [3.63, 3.8) is 0 Å². The van der Waals surface area contributed by atoms with Crippen LogP contribution in [0.5, 0.6) is 0 Å². The van der Waals surface area contributed by atoms with E-state index in [2.05, 4.69) is 0 Å². The average molecular weight is 531 g/mol. The van der Waals surface area contributed by atoms with Crippen LogP contribution >= 0.6 is 0 Å². The first-order valence-corrected chi connectivity index (χ1v) is 12.0. The molecule has 2 unspecified atom stereocenters. The van der Waals surface area contributed by atoms with Crippen molar-refractivity contribution in [2.24, 2.45) is 0 Å². The molecule has 0 bridgehead atoms. The van der Waals surface area contributed by atoms with Gasteiger partial charge in [0.15, 0.2) is 11.6 Å². The van der Waals surface area contributed by atoms with Gasteiger partial charge >= 0.3 is 23.1 Å². The smallest absolute Gasteiger partial charge is 0.550 e. The molecule has 2 atom stereocenters. The normalized spacial score (nSPS) is 11.5. The number of carbonyl (C=O) groups is 4. The number of carboxylic acids is 2. The molecular weight excluding hydrogens is 505 g/mol. The fourth-order valence-electron chi connectivity index (χ4n) is 3.68. The molecule has 6 nitrogen and oxygen atoms in total. The minimum absolute atomic E-state index is 0. The van der Waals surface area contributed by atoms with E-state index in [1.807, 2.05) is 12.1 Å². The van der Waals surface area contributed by atoms with Gasteiger partial charge in [0.1, 0.15) is 0 Å². The van der Waals surface area contributed by atoms with Crippen molar-refractivity contribution < 1.29 is 29.4 Å². The van der Waals surface area contributed by atoms with Gasteiger partial charge in [0, 0.05) is 46.0 Å². The summed E-state index contributed by atoms with van der Waals surface area (Å²) in [5.74, 6) is -4.00. The molecule has 0 saturated heterocycles. The Morgan fingerprint density at radius 1 is 0.487 bits per heavy atom. The largest absolute Gasteiger partial charge is 2.00 e. The molecule has 39 heavy (non-hydrogen) atoms. The first-order valence-electron chi connectivity index (χ1n) is 12.0. The molecular formula is C32H26MgO6. The van der Waals surface area contributed by atoms with Crippen molar-refractivity contribution >= 4 is 46.6 Å². The molecule has 192 valence electrons.